The lowest BCUT2D eigenvalue weighted by molar-refractivity contribution is -0.118. The monoisotopic (exact) mass is 368 g/mol. The molecule has 1 aromatic heterocycles. The Morgan fingerprint density at radius 3 is 2.65 bits per heavy atom. The minimum absolute atomic E-state index is 0.0294. The summed E-state index contributed by atoms with van der Waals surface area (Å²) in [6.45, 7) is 6.33. The van der Waals surface area contributed by atoms with E-state index >= 15 is 0 Å². The number of nitrogens with zero attached hydrogens (tertiary/aromatic N) is 3. The van der Waals surface area contributed by atoms with E-state index in [0.29, 0.717) is 5.02 Å². The second kappa shape index (κ2) is 6.65. The number of amides is 1. The highest BCUT2D eigenvalue weighted by atomic mass is 35.5. The van der Waals surface area contributed by atoms with E-state index in [0.717, 1.165) is 47.9 Å². The van der Waals surface area contributed by atoms with E-state index in [-0.39, 0.29) is 11.8 Å². The van der Waals surface area contributed by atoms with E-state index < -0.39 is 0 Å². The van der Waals surface area contributed by atoms with E-state index in [1.54, 1.807) is 0 Å². The largest absolute Gasteiger partial charge is 0.362 e. The van der Waals surface area contributed by atoms with Crippen LogP contribution in [0.3, 0.4) is 0 Å². The SMILES string of the molecule is CC(C)C(=O)Nc1ccc(N2CCn3c(nc4cc(Cl)ccc43)C2)cc1. The number of rotatable bonds is 3. The molecule has 0 atom stereocenters. The van der Waals surface area contributed by atoms with Gasteiger partial charge in [-0.3, -0.25) is 4.79 Å². The number of anilines is 2. The Balaban J connectivity index is 1.53. The van der Waals surface area contributed by atoms with E-state index in [4.69, 9.17) is 16.6 Å². The van der Waals surface area contributed by atoms with Crippen LogP contribution in [0.2, 0.25) is 5.02 Å². The molecule has 0 radical (unpaired) electrons. The highest BCUT2D eigenvalue weighted by Crippen LogP contribution is 2.27. The van der Waals surface area contributed by atoms with Gasteiger partial charge in [-0.05, 0) is 42.5 Å². The molecule has 0 unspecified atom stereocenters. The molecule has 1 N–H and O–H groups in total. The van der Waals surface area contributed by atoms with Crippen LogP contribution in [-0.4, -0.2) is 22.0 Å². The van der Waals surface area contributed by atoms with Crippen LogP contribution in [0.4, 0.5) is 11.4 Å². The molecule has 26 heavy (non-hydrogen) atoms. The molecule has 3 aromatic rings. The van der Waals surface area contributed by atoms with Crippen molar-refractivity contribution < 1.29 is 4.79 Å². The second-order valence-corrected chi connectivity index (χ2v) is 7.36. The fraction of sp³-hybridized carbons (Fsp3) is 0.300. The molecular formula is C20H21ClN4O. The zero-order chi connectivity index (χ0) is 18.3. The molecule has 4 rings (SSSR count). The zero-order valence-corrected chi connectivity index (χ0v) is 15.6. The van der Waals surface area contributed by atoms with E-state index in [1.807, 2.05) is 56.3 Å². The van der Waals surface area contributed by atoms with Crippen LogP contribution in [0.5, 0.6) is 0 Å². The van der Waals surface area contributed by atoms with Gasteiger partial charge in [0.05, 0.1) is 17.6 Å². The molecule has 2 heterocycles. The van der Waals surface area contributed by atoms with Gasteiger partial charge in [-0.1, -0.05) is 25.4 Å². The molecule has 0 bridgehead atoms. The Morgan fingerprint density at radius 1 is 1.15 bits per heavy atom. The molecule has 5 nitrogen and oxygen atoms in total. The lowest BCUT2D eigenvalue weighted by atomic mass is 10.2. The number of hydrogen-bond donors (Lipinski definition) is 1. The number of nitrogens with one attached hydrogen (secondary N) is 1. The van der Waals surface area contributed by atoms with Crippen molar-refractivity contribution in [1.29, 1.82) is 0 Å². The number of carbonyl (C=O) groups excluding carboxylic acids is 1. The van der Waals surface area contributed by atoms with Gasteiger partial charge < -0.3 is 14.8 Å². The maximum atomic E-state index is 11.8. The van der Waals surface area contributed by atoms with Crippen LogP contribution >= 0.6 is 11.6 Å². The third-order valence-corrected chi connectivity index (χ3v) is 4.97. The number of halogens is 1. The summed E-state index contributed by atoms with van der Waals surface area (Å²) in [7, 11) is 0. The highest BCUT2D eigenvalue weighted by Gasteiger charge is 2.20. The van der Waals surface area contributed by atoms with E-state index in [9.17, 15) is 4.79 Å². The third kappa shape index (κ3) is 3.15. The van der Waals surface area contributed by atoms with Gasteiger partial charge in [-0.15, -0.1) is 0 Å². The Kier molecular flexibility index (Phi) is 4.32. The molecule has 1 aliphatic rings. The Labute approximate surface area is 157 Å². The highest BCUT2D eigenvalue weighted by molar-refractivity contribution is 6.31. The molecule has 6 heteroatoms. The molecular weight excluding hydrogens is 348 g/mol. The Hall–Kier alpha value is -2.53. The van der Waals surface area contributed by atoms with Crippen LogP contribution in [0.1, 0.15) is 19.7 Å². The predicted molar refractivity (Wildman–Crippen MR) is 106 cm³/mol. The number of aromatic nitrogens is 2. The van der Waals surface area contributed by atoms with Crippen LogP contribution in [0.25, 0.3) is 11.0 Å². The summed E-state index contributed by atoms with van der Waals surface area (Å²) in [5.74, 6) is 1.05. The van der Waals surface area contributed by atoms with Gasteiger partial charge in [0.15, 0.2) is 0 Å². The van der Waals surface area contributed by atoms with Gasteiger partial charge >= 0.3 is 0 Å². The van der Waals surface area contributed by atoms with Gasteiger partial charge in [-0.2, -0.15) is 0 Å². The molecule has 0 saturated heterocycles. The van der Waals surface area contributed by atoms with Gasteiger partial charge in [0, 0.05) is 35.4 Å². The fourth-order valence-electron chi connectivity index (χ4n) is 3.26. The zero-order valence-electron chi connectivity index (χ0n) is 14.9. The normalized spacial score (nSPS) is 13.9. The summed E-state index contributed by atoms with van der Waals surface area (Å²) < 4.78 is 2.26. The van der Waals surface area contributed by atoms with Crippen molar-refractivity contribution in [2.45, 2.75) is 26.9 Å². The first kappa shape index (κ1) is 16.9. The lowest BCUT2D eigenvalue weighted by Crippen LogP contribution is -2.33. The summed E-state index contributed by atoms with van der Waals surface area (Å²) >= 11 is 6.09. The van der Waals surface area contributed by atoms with Crippen LogP contribution in [0.15, 0.2) is 42.5 Å². The summed E-state index contributed by atoms with van der Waals surface area (Å²) in [6, 6.07) is 13.9. The number of carbonyl (C=O) groups is 1. The first-order chi connectivity index (χ1) is 12.5. The summed E-state index contributed by atoms with van der Waals surface area (Å²) in [6.07, 6.45) is 0. The van der Waals surface area contributed by atoms with Gasteiger partial charge in [0.25, 0.3) is 0 Å². The Morgan fingerprint density at radius 2 is 1.92 bits per heavy atom. The number of hydrogen-bond acceptors (Lipinski definition) is 3. The van der Waals surface area contributed by atoms with Crippen LogP contribution in [-0.2, 0) is 17.9 Å². The third-order valence-electron chi connectivity index (χ3n) is 4.74. The molecule has 0 saturated carbocycles. The second-order valence-electron chi connectivity index (χ2n) is 6.93. The van der Waals surface area contributed by atoms with Crippen molar-refractivity contribution in [2.24, 2.45) is 5.92 Å². The maximum Gasteiger partial charge on any atom is 0.226 e. The van der Waals surface area contributed by atoms with Gasteiger partial charge in [0.2, 0.25) is 5.91 Å². The molecule has 1 amide bonds. The first-order valence-corrected chi connectivity index (χ1v) is 9.19. The predicted octanol–water partition coefficient (Wildman–Crippen LogP) is 4.30. The van der Waals surface area contributed by atoms with E-state index in [2.05, 4.69) is 14.8 Å². The molecule has 0 aliphatic carbocycles. The summed E-state index contributed by atoms with van der Waals surface area (Å²) in [5.41, 5.74) is 4.03. The van der Waals surface area contributed by atoms with Crippen molar-refractivity contribution in [2.75, 3.05) is 16.8 Å². The maximum absolute atomic E-state index is 11.8. The van der Waals surface area contributed by atoms with Crippen molar-refractivity contribution in [3.63, 3.8) is 0 Å². The molecule has 134 valence electrons. The summed E-state index contributed by atoms with van der Waals surface area (Å²) in [5, 5.41) is 3.64. The van der Waals surface area contributed by atoms with Gasteiger partial charge in [0.1, 0.15) is 5.82 Å². The topological polar surface area (TPSA) is 50.2 Å². The minimum Gasteiger partial charge on any atom is -0.362 e. The quantitative estimate of drug-likeness (QED) is 0.749. The number of fused-ring (bicyclic) bond motifs is 3. The fourth-order valence-corrected chi connectivity index (χ4v) is 3.42. The van der Waals surface area contributed by atoms with Gasteiger partial charge in [-0.25, -0.2) is 4.98 Å². The number of benzene rings is 2. The van der Waals surface area contributed by atoms with Crippen molar-refractivity contribution >= 4 is 39.9 Å². The standard InChI is InChI=1S/C20H21ClN4O/c1-13(2)20(26)22-15-4-6-16(7-5-15)24-9-10-25-18-8-3-14(21)11-17(18)23-19(25)12-24/h3-8,11,13H,9-10,12H2,1-2H3,(H,22,26). The van der Waals surface area contributed by atoms with E-state index in [1.165, 1.54) is 0 Å². The molecule has 1 aliphatic heterocycles. The lowest BCUT2D eigenvalue weighted by Gasteiger charge is -2.30. The Bertz CT molecular complexity index is 962. The average molecular weight is 369 g/mol. The molecule has 0 fully saturated rings. The van der Waals surface area contributed by atoms with Crippen LogP contribution in [0, 0.1) is 5.92 Å². The minimum atomic E-state index is -0.0294. The smallest absolute Gasteiger partial charge is 0.226 e. The van der Waals surface area contributed by atoms with Crippen molar-refractivity contribution in [1.82, 2.24) is 9.55 Å². The molecule has 2 aromatic carbocycles. The number of imidazole rings is 1. The van der Waals surface area contributed by atoms with Crippen molar-refractivity contribution in [3.8, 4) is 0 Å². The van der Waals surface area contributed by atoms with Crippen molar-refractivity contribution in [3.05, 3.63) is 53.3 Å². The van der Waals surface area contributed by atoms with Crippen LogP contribution < -0.4 is 10.2 Å². The first-order valence-electron chi connectivity index (χ1n) is 8.82. The average Bonchev–Trinajstić information content (AvgIpc) is 2.98. The summed E-state index contributed by atoms with van der Waals surface area (Å²) in [4.78, 5) is 18.9. The molecule has 0 spiro atoms.